The summed E-state index contributed by atoms with van der Waals surface area (Å²) in [5.41, 5.74) is 21.1. The van der Waals surface area contributed by atoms with Crippen molar-refractivity contribution in [3.05, 3.63) is 246 Å². The summed E-state index contributed by atoms with van der Waals surface area (Å²) < 4.78 is 0. The van der Waals surface area contributed by atoms with Crippen LogP contribution in [0, 0.1) is 0 Å². The fourth-order valence-electron chi connectivity index (χ4n) is 11.7. The molecule has 0 amide bonds. The first kappa shape index (κ1) is 34.4. The molecule has 13 rings (SSSR count). The summed E-state index contributed by atoms with van der Waals surface area (Å²) in [5, 5.41) is 5.04. The number of fused-ring (bicyclic) bond motifs is 13. The maximum Gasteiger partial charge on any atom is 0.0732 e. The van der Waals surface area contributed by atoms with Gasteiger partial charge in [0, 0.05) is 22.1 Å². The summed E-state index contributed by atoms with van der Waals surface area (Å²) in [4.78, 5) is 2.57. The molecule has 10 aromatic carbocycles. The smallest absolute Gasteiger partial charge is 0.0732 e. The van der Waals surface area contributed by atoms with Crippen molar-refractivity contribution in [3.63, 3.8) is 0 Å². The number of benzene rings is 10. The fourth-order valence-corrected chi connectivity index (χ4v) is 11.7. The van der Waals surface area contributed by atoms with E-state index in [1.165, 1.54) is 111 Å². The third kappa shape index (κ3) is 4.50. The molecule has 1 spiro atoms. The molecule has 286 valence electrons. The van der Waals surface area contributed by atoms with Gasteiger partial charge in [-0.3, -0.25) is 0 Å². The molecule has 1 nitrogen and oxygen atoms in total. The monoisotopic (exact) mass is 775 g/mol. The van der Waals surface area contributed by atoms with E-state index >= 15 is 0 Å². The normalized spacial score (nSPS) is 15.9. The van der Waals surface area contributed by atoms with Crippen LogP contribution in [0.15, 0.2) is 212 Å². The van der Waals surface area contributed by atoms with E-state index in [4.69, 9.17) is 0 Å². The van der Waals surface area contributed by atoms with Crippen molar-refractivity contribution < 1.29 is 0 Å². The lowest BCUT2D eigenvalue weighted by Gasteiger charge is -2.42. The third-order valence-electron chi connectivity index (χ3n) is 14.2. The van der Waals surface area contributed by atoms with Gasteiger partial charge in [-0.1, -0.05) is 202 Å². The van der Waals surface area contributed by atoms with Crippen molar-refractivity contribution in [1.82, 2.24) is 0 Å². The van der Waals surface area contributed by atoms with E-state index in [9.17, 15) is 0 Å². The van der Waals surface area contributed by atoms with Crippen LogP contribution in [-0.2, 0) is 10.8 Å². The molecule has 0 aromatic heterocycles. The van der Waals surface area contributed by atoms with Crippen molar-refractivity contribution in [2.24, 2.45) is 0 Å². The Morgan fingerprint density at radius 2 is 0.918 bits per heavy atom. The maximum atomic E-state index is 2.57. The molecule has 0 saturated carbocycles. The second kappa shape index (κ2) is 12.5. The van der Waals surface area contributed by atoms with Crippen LogP contribution in [0.4, 0.5) is 17.1 Å². The molecule has 0 saturated heterocycles. The Morgan fingerprint density at radius 1 is 0.361 bits per heavy atom. The highest BCUT2D eigenvalue weighted by Gasteiger charge is 2.51. The first-order chi connectivity index (χ1) is 30.0. The summed E-state index contributed by atoms with van der Waals surface area (Å²) in [5.74, 6) is 0. The van der Waals surface area contributed by atoms with Crippen LogP contribution in [0.25, 0.3) is 66.1 Å². The van der Waals surface area contributed by atoms with Crippen molar-refractivity contribution >= 4 is 38.6 Å². The van der Waals surface area contributed by atoms with Crippen LogP contribution < -0.4 is 4.90 Å². The van der Waals surface area contributed by atoms with Gasteiger partial charge in [0.2, 0.25) is 0 Å². The lowest BCUT2D eigenvalue weighted by Crippen LogP contribution is -2.32. The van der Waals surface area contributed by atoms with Gasteiger partial charge in [-0.2, -0.15) is 0 Å². The Balaban J connectivity index is 1.18. The zero-order valence-corrected chi connectivity index (χ0v) is 34.2. The van der Waals surface area contributed by atoms with Crippen molar-refractivity contribution in [2.45, 2.75) is 24.7 Å². The predicted molar refractivity (Wildman–Crippen MR) is 255 cm³/mol. The number of rotatable bonds is 4. The topological polar surface area (TPSA) is 3.24 Å². The minimum atomic E-state index is -0.602. The maximum absolute atomic E-state index is 2.57. The van der Waals surface area contributed by atoms with E-state index in [2.05, 4.69) is 231 Å². The molecule has 0 radical (unpaired) electrons. The number of nitrogens with zero attached hydrogens (tertiary/aromatic N) is 1. The molecular formula is C60H41N. The van der Waals surface area contributed by atoms with Crippen molar-refractivity contribution in [2.75, 3.05) is 4.90 Å². The Hall–Kier alpha value is -7.48. The SMILES string of the molecule is CC1(C)c2ccccc2-c2c(N(c3ccc4c(c3)C3(c5ccccc5-4)c4ccccc4-c4cccc5ccc(-c6ccccc6)c3c45)c3cccc4ccccc34)cccc21. The second-order valence-corrected chi connectivity index (χ2v) is 17.5. The van der Waals surface area contributed by atoms with Gasteiger partial charge < -0.3 is 4.90 Å². The lowest BCUT2D eigenvalue weighted by molar-refractivity contribution is 0.660. The van der Waals surface area contributed by atoms with Gasteiger partial charge in [0.05, 0.1) is 16.8 Å². The molecule has 3 aliphatic rings. The van der Waals surface area contributed by atoms with Crippen LogP contribution in [0.5, 0.6) is 0 Å². The Bertz CT molecular complexity index is 3460. The summed E-state index contributed by atoms with van der Waals surface area (Å²) in [7, 11) is 0. The summed E-state index contributed by atoms with van der Waals surface area (Å²) >= 11 is 0. The van der Waals surface area contributed by atoms with Gasteiger partial charge >= 0.3 is 0 Å². The summed E-state index contributed by atoms with van der Waals surface area (Å²) in [6, 6.07) is 80.0. The van der Waals surface area contributed by atoms with Gasteiger partial charge in [-0.05, 0) is 113 Å². The zero-order chi connectivity index (χ0) is 40.5. The van der Waals surface area contributed by atoms with E-state index in [1.54, 1.807) is 0 Å². The van der Waals surface area contributed by atoms with Crippen molar-refractivity contribution in [3.8, 4) is 44.5 Å². The Labute approximate surface area is 356 Å². The van der Waals surface area contributed by atoms with Crippen molar-refractivity contribution in [1.29, 1.82) is 0 Å². The molecule has 1 unspecified atom stereocenters. The van der Waals surface area contributed by atoms with Crippen LogP contribution in [-0.4, -0.2) is 0 Å². The molecule has 61 heavy (non-hydrogen) atoms. The molecule has 1 atom stereocenters. The summed E-state index contributed by atoms with van der Waals surface area (Å²) in [6.45, 7) is 4.76. The lowest BCUT2D eigenvalue weighted by atomic mass is 9.60. The van der Waals surface area contributed by atoms with Crippen LogP contribution >= 0.6 is 0 Å². The largest absolute Gasteiger partial charge is 0.309 e. The minimum absolute atomic E-state index is 0.137. The molecule has 10 aromatic rings. The highest BCUT2D eigenvalue weighted by Crippen LogP contribution is 2.64. The molecule has 0 heterocycles. The van der Waals surface area contributed by atoms with E-state index in [0.717, 1.165) is 5.69 Å². The Morgan fingerprint density at radius 3 is 1.74 bits per heavy atom. The molecule has 0 N–H and O–H groups in total. The standard InChI is InChI=1S/C60H41N/c1-59(2)49-27-11-10-25-48(49)57-52(59)30-16-32-55(57)61(54-31-15-20-38-19-6-7-22-42(38)54)41-34-36-46-44-23-8-12-28-50(44)60(53(46)37-41)51-29-13-9-24-45(51)47-26-14-21-40-33-35-43(58(60)56(40)47)39-17-4-3-5-18-39/h3-37H,1-2H3. The van der Waals surface area contributed by atoms with Gasteiger partial charge in [-0.15, -0.1) is 0 Å². The van der Waals surface area contributed by atoms with E-state index in [-0.39, 0.29) is 5.41 Å². The van der Waals surface area contributed by atoms with E-state index in [1.807, 2.05) is 0 Å². The molecule has 0 aliphatic heterocycles. The van der Waals surface area contributed by atoms with Gasteiger partial charge in [0.1, 0.15) is 0 Å². The Kier molecular flexibility index (Phi) is 7.06. The first-order valence-electron chi connectivity index (χ1n) is 21.5. The third-order valence-corrected chi connectivity index (χ3v) is 14.2. The fraction of sp³-hybridized carbons (Fsp3) is 0.0667. The number of anilines is 3. The minimum Gasteiger partial charge on any atom is -0.309 e. The van der Waals surface area contributed by atoms with E-state index in [0.29, 0.717) is 0 Å². The number of hydrogen-bond donors (Lipinski definition) is 0. The first-order valence-corrected chi connectivity index (χ1v) is 21.5. The molecule has 3 aliphatic carbocycles. The zero-order valence-electron chi connectivity index (χ0n) is 34.2. The second-order valence-electron chi connectivity index (χ2n) is 17.5. The molecule has 1 heteroatoms. The van der Waals surface area contributed by atoms with Crippen LogP contribution in [0.1, 0.15) is 47.2 Å². The number of hydrogen-bond acceptors (Lipinski definition) is 1. The van der Waals surface area contributed by atoms with Gasteiger partial charge in [0.15, 0.2) is 0 Å². The highest BCUT2D eigenvalue weighted by molar-refractivity contribution is 6.10. The predicted octanol–water partition coefficient (Wildman–Crippen LogP) is 15.8. The average Bonchev–Trinajstić information content (AvgIpc) is 3.74. The highest BCUT2D eigenvalue weighted by atomic mass is 15.1. The van der Waals surface area contributed by atoms with Crippen LogP contribution in [0.2, 0.25) is 0 Å². The molecular weight excluding hydrogens is 735 g/mol. The molecule has 0 bridgehead atoms. The quantitative estimate of drug-likeness (QED) is 0.172. The van der Waals surface area contributed by atoms with Gasteiger partial charge in [-0.25, -0.2) is 0 Å². The summed E-state index contributed by atoms with van der Waals surface area (Å²) in [6.07, 6.45) is 0. The average molecular weight is 776 g/mol. The van der Waals surface area contributed by atoms with Gasteiger partial charge in [0.25, 0.3) is 0 Å². The molecule has 0 fully saturated rings. The van der Waals surface area contributed by atoms with Crippen LogP contribution in [0.3, 0.4) is 0 Å². The van der Waals surface area contributed by atoms with E-state index < -0.39 is 5.41 Å².